The molecule has 1 saturated carbocycles. The molecule has 2 heterocycles. The van der Waals surface area contributed by atoms with Gasteiger partial charge in [0, 0.05) is 13.1 Å². The van der Waals surface area contributed by atoms with Gasteiger partial charge in [-0.25, -0.2) is 14.3 Å². The van der Waals surface area contributed by atoms with Crippen molar-refractivity contribution in [3.63, 3.8) is 0 Å². The molecular weight excluding hydrogens is 400 g/mol. The van der Waals surface area contributed by atoms with E-state index >= 15 is 0 Å². The molecule has 2 aromatic carbocycles. The Kier molecular flexibility index (Phi) is 4.88. The van der Waals surface area contributed by atoms with Crippen LogP contribution in [0.1, 0.15) is 44.7 Å². The Morgan fingerprint density at radius 3 is 2.28 bits per heavy atom. The van der Waals surface area contributed by atoms with Gasteiger partial charge in [-0.3, -0.25) is 9.36 Å². The Morgan fingerprint density at radius 2 is 1.66 bits per heavy atom. The van der Waals surface area contributed by atoms with Crippen LogP contribution >= 0.6 is 0 Å². The molecule has 0 atom stereocenters. The summed E-state index contributed by atoms with van der Waals surface area (Å²) in [6.07, 6.45) is 3.80. The van der Waals surface area contributed by atoms with Crippen LogP contribution in [0.25, 0.3) is 16.9 Å². The maximum atomic E-state index is 13.4. The van der Waals surface area contributed by atoms with Gasteiger partial charge in [0.2, 0.25) is 0 Å². The van der Waals surface area contributed by atoms with Crippen molar-refractivity contribution in [2.75, 3.05) is 0 Å². The van der Waals surface area contributed by atoms with Crippen LogP contribution in [-0.4, -0.2) is 18.7 Å². The first-order valence-corrected chi connectivity index (χ1v) is 11.2. The molecule has 6 heteroatoms. The number of nitrogens with zero attached hydrogens (tertiary/aromatic N) is 4. The summed E-state index contributed by atoms with van der Waals surface area (Å²) in [4.78, 5) is 31.3. The Balaban J connectivity index is 1.65. The summed E-state index contributed by atoms with van der Waals surface area (Å²) >= 11 is 0. The maximum absolute atomic E-state index is 13.4. The molecule has 6 nitrogen and oxygen atoms in total. The highest BCUT2D eigenvalue weighted by molar-refractivity contribution is 5.72. The Labute approximate surface area is 186 Å². The summed E-state index contributed by atoms with van der Waals surface area (Å²) in [5.41, 5.74) is 3.45. The number of fused-ring (bicyclic) bond motifs is 1. The van der Waals surface area contributed by atoms with Gasteiger partial charge in [-0.15, -0.1) is 0 Å². The zero-order chi connectivity index (χ0) is 22.5. The third-order valence-corrected chi connectivity index (χ3v) is 6.23. The van der Waals surface area contributed by atoms with Gasteiger partial charge in [0.25, 0.3) is 5.56 Å². The molecule has 1 aliphatic rings. The third kappa shape index (κ3) is 3.70. The van der Waals surface area contributed by atoms with Gasteiger partial charge < -0.3 is 4.57 Å². The van der Waals surface area contributed by atoms with E-state index < -0.39 is 0 Å². The van der Waals surface area contributed by atoms with E-state index in [4.69, 9.17) is 0 Å². The van der Waals surface area contributed by atoms with Gasteiger partial charge >= 0.3 is 5.69 Å². The molecule has 0 spiro atoms. The lowest BCUT2D eigenvalue weighted by Gasteiger charge is -2.19. The van der Waals surface area contributed by atoms with E-state index in [-0.39, 0.29) is 16.7 Å². The summed E-state index contributed by atoms with van der Waals surface area (Å²) in [6.45, 7) is 7.56. The van der Waals surface area contributed by atoms with Crippen molar-refractivity contribution in [2.24, 2.45) is 5.92 Å². The van der Waals surface area contributed by atoms with E-state index in [1.165, 1.54) is 10.1 Å². The largest absolute Gasteiger partial charge is 0.337 e. The van der Waals surface area contributed by atoms with Crippen LogP contribution in [0.3, 0.4) is 0 Å². The Hall–Kier alpha value is -3.41. The molecule has 0 unspecified atom stereocenters. The predicted molar refractivity (Wildman–Crippen MR) is 127 cm³/mol. The molecule has 1 fully saturated rings. The van der Waals surface area contributed by atoms with Crippen LogP contribution in [0.4, 0.5) is 0 Å². The van der Waals surface area contributed by atoms with Crippen molar-refractivity contribution in [1.29, 1.82) is 0 Å². The molecule has 32 heavy (non-hydrogen) atoms. The van der Waals surface area contributed by atoms with E-state index in [0.29, 0.717) is 35.9 Å². The zero-order valence-electron chi connectivity index (χ0n) is 18.8. The number of hydrogen-bond acceptors (Lipinski definition) is 3. The lowest BCUT2D eigenvalue weighted by Crippen LogP contribution is -2.40. The van der Waals surface area contributed by atoms with Crippen LogP contribution in [0.5, 0.6) is 0 Å². The summed E-state index contributed by atoms with van der Waals surface area (Å²) in [5, 5.41) is 0. The molecule has 0 saturated heterocycles. The number of rotatable bonds is 5. The minimum absolute atomic E-state index is 0.0858. The molecule has 0 bridgehead atoms. The topological polar surface area (TPSA) is 61.8 Å². The van der Waals surface area contributed by atoms with E-state index in [1.54, 1.807) is 10.9 Å². The van der Waals surface area contributed by atoms with Gasteiger partial charge in [-0.05, 0) is 47.4 Å². The van der Waals surface area contributed by atoms with E-state index in [9.17, 15) is 9.59 Å². The first kappa shape index (κ1) is 20.5. The molecule has 0 radical (unpaired) electrons. The number of para-hydroxylation sites is 1. The van der Waals surface area contributed by atoms with Crippen LogP contribution in [0.15, 0.2) is 70.5 Å². The molecule has 0 amide bonds. The molecule has 1 aliphatic carbocycles. The van der Waals surface area contributed by atoms with Crippen LogP contribution in [-0.2, 0) is 18.5 Å². The van der Waals surface area contributed by atoms with Crippen molar-refractivity contribution in [3.8, 4) is 5.69 Å². The van der Waals surface area contributed by atoms with Crippen molar-refractivity contribution in [2.45, 2.75) is 52.1 Å². The van der Waals surface area contributed by atoms with Crippen molar-refractivity contribution >= 4 is 11.2 Å². The number of imidazole rings is 1. The first-order valence-electron chi connectivity index (χ1n) is 11.2. The average molecular weight is 429 g/mol. The molecule has 0 aliphatic heterocycles. The second-order valence-electron chi connectivity index (χ2n) is 9.80. The average Bonchev–Trinajstić information content (AvgIpc) is 3.50. The molecule has 0 N–H and O–H groups in total. The smallest absolute Gasteiger partial charge is 0.320 e. The van der Waals surface area contributed by atoms with Crippen LogP contribution in [0.2, 0.25) is 0 Å². The van der Waals surface area contributed by atoms with Crippen molar-refractivity contribution < 1.29 is 0 Å². The van der Waals surface area contributed by atoms with E-state index in [2.05, 4.69) is 50.0 Å². The highest BCUT2D eigenvalue weighted by Gasteiger charge is 2.26. The normalized spacial score (nSPS) is 14.2. The lowest BCUT2D eigenvalue weighted by atomic mass is 9.87. The summed E-state index contributed by atoms with van der Waals surface area (Å²) in [7, 11) is 0. The minimum atomic E-state index is -0.319. The summed E-state index contributed by atoms with van der Waals surface area (Å²) in [6, 6.07) is 17.9. The fourth-order valence-electron chi connectivity index (χ4n) is 4.14. The minimum Gasteiger partial charge on any atom is -0.320 e. The van der Waals surface area contributed by atoms with Crippen molar-refractivity contribution in [3.05, 3.63) is 92.9 Å². The van der Waals surface area contributed by atoms with Crippen LogP contribution in [0, 0.1) is 5.92 Å². The second kappa shape index (κ2) is 7.62. The Bertz CT molecular complexity index is 1380. The maximum Gasteiger partial charge on any atom is 0.337 e. The van der Waals surface area contributed by atoms with Gasteiger partial charge in [-0.2, -0.15) is 0 Å². The quantitative estimate of drug-likeness (QED) is 0.481. The first-order chi connectivity index (χ1) is 15.3. The lowest BCUT2D eigenvalue weighted by molar-refractivity contribution is 0.567. The van der Waals surface area contributed by atoms with E-state index in [1.807, 2.05) is 34.9 Å². The number of aromatic nitrogens is 4. The fourth-order valence-corrected chi connectivity index (χ4v) is 4.14. The van der Waals surface area contributed by atoms with Crippen molar-refractivity contribution in [1.82, 2.24) is 18.7 Å². The number of benzene rings is 2. The molecule has 5 rings (SSSR count). The highest BCUT2D eigenvalue weighted by atomic mass is 16.2. The predicted octanol–water partition coefficient (Wildman–Crippen LogP) is 4.10. The highest BCUT2D eigenvalue weighted by Crippen LogP contribution is 2.30. The summed E-state index contributed by atoms with van der Waals surface area (Å²) in [5.74, 6) is 0.406. The Morgan fingerprint density at radius 1 is 0.969 bits per heavy atom. The van der Waals surface area contributed by atoms with Gasteiger partial charge in [-0.1, -0.05) is 63.2 Å². The van der Waals surface area contributed by atoms with Crippen LogP contribution < -0.4 is 11.2 Å². The fraction of sp³-hybridized carbons (Fsp3) is 0.346. The molecular formula is C26H28N4O2. The SMILES string of the molecule is CC(C)(C)c1ccc(Cn2cnc3c2c(=O)n(CC2CC2)c(=O)n3-c2ccccc2)cc1. The van der Waals surface area contributed by atoms with Gasteiger partial charge in [0.05, 0.1) is 12.0 Å². The number of hydrogen-bond donors (Lipinski definition) is 0. The van der Waals surface area contributed by atoms with Gasteiger partial charge in [0.15, 0.2) is 11.2 Å². The zero-order valence-corrected chi connectivity index (χ0v) is 18.8. The monoisotopic (exact) mass is 428 g/mol. The third-order valence-electron chi connectivity index (χ3n) is 6.23. The second-order valence-corrected chi connectivity index (χ2v) is 9.80. The molecule has 2 aromatic heterocycles. The molecule has 164 valence electrons. The van der Waals surface area contributed by atoms with Gasteiger partial charge in [0.1, 0.15) is 0 Å². The summed E-state index contributed by atoms with van der Waals surface area (Å²) < 4.78 is 4.83. The molecule has 4 aromatic rings. The van der Waals surface area contributed by atoms with E-state index in [0.717, 1.165) is 18.4 Å². The standard InChI is InChI=1S/C26H28N4O2/c1-26(2,3)20-13-11-18(12-14-20)15-28-17-27-23-22(28)24(31)29(16-19-9-10-19)25(32)30(23)21-7-5-4-6-8-21/h4-8,11-14,17,19H,9-10,15-16H2,1-3H3.